The van der Waals surface area contributed by atoms with Crippen molar-refractivity contribution < 1.29 is 0 Å². The molecular weight excluding hydrogens is 368 g/mol. The monoisotopic (exact) mass is 394 g/mol. The van der Waals surface area contributed by atoms with Crippen molar-refractivity contribution in [2.75, 3.05) is 19.6 Å². The Hall–Kier alpha value is -2.10. The maximum atomic E-state index is 12.3. The molecule has 1 fully saturated rings. The van der Waals surface area contributed by atoms with Gasteiger partial charge in [0.1, 0.15) is 0 Å². The molecule has 0 saturated carbocycles. The van der Waals surface area contributed by atoms with Crippen LogP contribution in [0.3, 0.4) is 0 Å². The summed E-state index contributed by atoms with van der Waals surface area (Å²) in [5.41, 5.74) is 2.52. The van der Waals surface area contributed by atoms with E-state index in [1.165, 1.54) is 18.4 Å². The molecule has 0 aliphatic carbocycles. The van der Waals surface area contributed by atoms with Gasteiger partial charge in [-0.3, -0.25) is 4.79 Å². The molecule has 1 aromatic heterocycles. The molecule has 0 bridgehead atoms. The minimum Gasteiger partial charge on any atom is -0.308 e. The Morgan fingerprint density at radius 2 is 1.64 bits per heavy atom. The van der Waals surface area contributed by atoms with Crippen LogP contribution in [0.5, 0.6) is 0 Å². The lowest BCUT2D eigenvalue weighted by atomic mass is 9.90. The number of fused-ring (bicyclic) bond motifs is 1. The topological polar surface area (TPSA) is 25.2 Å². The predicted molar refractivity (Wildman–Crippen MR) is 117 cm³/mol. The summed E-state index contributed by atoms with van der Waals surface area (Å²) in [6.45, 7) is 4.15. The molecule has 3 nitrogen and oxygen atoms in total. The zero-order valence-corrected chi connectivity index (χ0v) is 16.9. The lowest BCUT2D eigenvalue weighted by molar-refractivity contribution is 0.180. The molecule has 1 aliphatic rings. The molecule has 3 aromatic rings. The molecule has 1 aliphatic heterocycles. The standard InChI is InChI=1S/C24H27ClN2O/c25-22-9-6-19(7-10-22)18-20-12-16-26(17-13-20)14-3-15-27-23-5-2-1-4-21(23)8-11-24(27)28/h1-2,4-11,20H,3,12-18H2. The van der Waals surface area contributed by atoms with Crippen molar-refractivity contribution in [2.24, 2.45) is 5.92 Å². The van der Waals surface area contributed by atoms with Crippen LogP contribution in [0.25, 0.3) is 10.9 Å². The molecule has 0 atom stereocenters. The Bertz CT molecular complexity index is 972. The van der Waals surface area contributed by atoms with Crippen LogP contribution in [0, 0.1) is 5.92 Å². The number of aromatic nitrogens is 1. The Morgan fingerprint density at radius 3 is 2.43 bits per heavy atom. The summed E-state index contributed by atoms with van der Waals surface area (Å²) in [6, 6.07) is 20.0. The van der Waals surface area contributed by atoms with Gasteiger partial charge in [0, 0.05) is 17.6 Å². The molecule has 146 valence electrons. The molecule has 0 unspecified atom stereocenters. The van der Waals surface area contributed by atoms with Gasteiger partial charge in [-0.15, -0.1) is 0 Å². The highest BCUT2D eigenvalue weighted by Crippen LogP contribution is 2.23. The van der Waals surface area contributed by atoms with E-state index in [-0.39, 0.29) is 5.56 Å². The fourth-order valence-electron chi connectivity index (χ4n) is 4.30. The highest BCUT2D eigenvalue weighted by molar-refractivity contribution is 6.30. The third-order valence-electron chi connectivity index (χ3n) is 5.90. The zero-order valence-electron chi connectivity index (χ0n) is 16.2. The number of rotatable bonds is 6. The Morgan fingerprint density at radius 1 is 0.893 bits per heavy atom. The normalized spacial score (nSPS) is 15.9. The van der Waals surface area contributed by atoms with E-state index in [0.717, 1.165) is 60.9 Å². The van der Waals surface area contributed by atoms with E-state index in [9.17, 15) is 4.79 Å². The minimum absolute atomic E-state index is 0.0976. The Labute approximate surface area is 171 Å². The minimum atomic E-state index is 0.0976. The molecule has 0 spiro atoms. The summed E-state index contributed by atoms with van der Waals surface area (Å²) in [7, 11) is 0. The number of nitrogens with zero attached hydrogens (tertiary/aromatic N) is 2. The van der Waals surface area contributed by atoms with Crippen LogP contribution in [0.15, 0.2) is 65.5 Å². The summed E-state index contributed by atoms with van der Waals surface area (Å²) in [6.07, 6.45) is 4.65. The van der Waals surface area contributed by atoms with Gasteiger partial charge in [-0.25, -0.2) is 0 Å². The predicted octanol–water partition coefficient (Wildman–Crippen LogP) is 5.00. The second-order valence-electron chi connectivity index (χ2n) is 7.85. The smallest absolute Gasteiger partial charge is 0.251 e. The number of benzene rings is 2. The largest absolute Gasteiger partial charge is 0.308 e. The van der Waals surface area contributed by atoms with Crippen LogP contribution < -0.4 is 5.56 Å². The third kappa shape index (κ3) is 4.65. The van der Waals surface area contributed by atoms with Crippen molar-refractivity contribution in [3.8, 4) is 0 Å². The number of aryl methyl sites for hydroxylation is 1. The molecule has 2 heterocycles. The van der Waals surface area contributed by atoms with Crippen LogP contribution >= 0.6 is 11.6 Å². The van der Waals surface area contributed by atoms with Crippen LogP contribution in [-0.4, -0.2) is 29.1 Å². The van der Waals surface area contributed by atoms with Crippen molar-refractivity contribution >= 4 is 22.5 Å². The van der Waals surface area contributed by atoms with Crippen LogP contribution in [0.2, 0.25) is 5.02 Å². The van der Waals surface area contributed by atoms with E-state index in [4.69, 9.17) is 11.6 Å². The molecule has 4 rings (SSSR count). The number of hydrogen-bond donors (Lipinski definition) is 0. The Balaban J connectivity index is 1.27. The first-order chi connectivity index (χ1) is 13.7. The maximum Gasteiger partial charge on any atom is 0.251 e. The van der Waals surface area contributed by atoms with Gasteiger partial charge in [-0.2, -0.15) is 0 Å². The fraction of sp³-hybridized carbons (Fsp3) is 0.375. The molecule has 28 heavy (non-hydrogen) atoms. The molecule has 2 aromatic carbocycles. The van der Waals surface area contributed by atoms with E-state index in [0.29, 0.717) is 0 Å². The molecular formula is C24H27ClN2O. The van der Waals surface area contributed by atoms with Gasteiger partial charge in [0.15, 0.2) is 0 Å². The Kier molecular flexibility index (Phi) is 6.13. The average Bonchev–Trinajstić information content (AvgIpc) is 2.72. The van der Waals surface area contributed by atoms with Crippen molar-refractivity contribution in [3.63, 3.8) is 0 Å². The molecule has 0 N–H and O–H groups in total. The molecule has 0 radical (unpaired) electrons. The summed E-state index contributed by atoms with van der Waals surface area (Å²) >= 11 is 5.98. The zero-order chi connectivity index (χ0) is 19.3. The summed E-state index contributed by atoms with van der Waals surface area (Å²) in [5, 5.41) is 1.94. The van der Waals surface area contributed by atoms with Gasteiger partial charge in [-0.05, 0) is 86.5 Å². The highest BCUT2D eigenvalue weighted by atomic mass is 35.5. The fourth-order valence-corrected chi connectivity index (χ4v) is 4.42. The number of pyridine rings is 1. The van der Waals surface area contributed by atoms with Gasteiger partial charge >= 0.3 is 0 Å². The summed E-state index contributed by atoms with van der Waals surface area (Å²) < 4.78 is 1.92. The van der Waals surface area contributed by atoms with Gasteiger partial charge in [-0.1, -0.05) is 41.9 Å². The van der Waals surface area contributed by atoms with Crippen molar-refractivity contribution in [3.05, 3.63) is 81.6 Å². The van der Waals surface area contributed by atoms with E-state index < -0.39 is 0 Å². The van der Waals surface area contributed by atoms with Crippen molar-refractivity contribution in [1.82, 2.24) is 9.47 Å². The van der Waals surface area contributed by atoms with Gasteiger partial charge in [0.05, 0.1) is 5.52 Å². The summed E-state index contributed by atoms with van der Waals surface area (Å²) in [4.78, 5) is 14.8. The number of para-hydroxylation sites is 1. The highest BCUT2D eigenvalue weighted by Gasteiger charge is 2.19. The molecule has 1 saturated heterocycles. The third-order valence-corrected chi connectivity index (χ3v) is 6.15. The number of halogens is 1. The number of likely N-dealkylation sites (tertiary alicyclic amines) is 1. The van der Waals surface area contributed by atoms with Crippen LogP contribution in [0.1, 0.15) is 24.8 Å². The first kappa shape index (κ1) is 19.2. The lowest BCUT2D eigenvalue weighted by Crippen LogP contribution is -2.35. The van der Waals surface area contributed by atoms with Gasteiger partial charge in [0.2, 0.25) is 0 Å². The quantitative estimate of drug-likeness (QED) is 0.587. The summed E-state index contributed by atoms with van der Waals surface area (Å²) in [5.74, 6) is 0.762. The van der Waals surface area contributed by atoms with Gasteiger partial charge < -0.3 is 9.47 Å². The van der Waals surface area contributed by atoms with Crippen LogP contribution in [-0.2, 0) is 13.0 Å². The van der Waals surface area contributed by atoms with Gasteiger partial charge in [0.25, 0.3) is 5.56 Å². The lowest BCUT2D eigenvalue weighted by Gasteiger charge is -2.32. The van der Waals surface area contributed by atoms with E-state index in [2.05, 4.69) is 23.1 Å². The number of hydrogen-bond acceptors (Lipinski definition) is 2. The SMILES string of the molecule is O=c1ccc2ccccc2n1CCCN1CCC(Cc2ccc(Cl)cc2)CC1. The van der Waals surface area contributed by atoms with E-state index in [1.54, 1.807) is 6.07 Å². The first-order valence-corrected chi connectivity index (χ1v) is 10.6. The van der Waals surface area contributed by atoms with E-state index in [1.807, 2.05) is 41.0 Å². The molecule has 0 amide bonds. The second-order valence-corrected chi connectivity index (χ2v) is 8.29. The maximum absolute atomic E-state index is 12.3. The van der Waals surface area contributed by atoms with Crippen molar-refractivity contribution in [1.29, 1.82) is 0 Å². The average molecular weight is 395 g/mol. The van der Waals surface area contributed by atoms with Crippen molar-refractivity contribution in [2.45, 2.75) is 32.2 Å². The van der Waals surface area contributed by atoms with E-state index >= 15 is 0 Å². The van der Waals surface area contributed by atoms with Crippen LogP contribution in [0.4, 0.5) is 0 Å². The first-order valence-electron chi connectivity index (χ1n) is 10.2. The number of piperidine rings is 1. The second kappa shape index (κ2) is 8.93. The molecule has 4 heteroatoms.